The highest BCUT2D eigenvalue weighted by Crippen LogP contribution is 2.22. The lowest BCUT2D eigenvalue weighted by molar-refractivity contribution is 0.161. The van der Waals surface area contributed by atoms with Gasteiger partial charge in [-0.25, -0.2) is 9.35 Å². The maximum Gasteiger partial charge on any atom is 0.122 e. The van der Waals surface area contributed by atoms with Crippen molar-refractivity contribution in [2.45, 2.75) is 11.3 Å². The predicted molar refractivity (Wildman–Crippen MR) is 60.5 cm³/mol. The van der Waals surface area contributed by atoms with E-state index in [0.717, 1.165) is 18.6 Å². The first-order valence-corrected chi connectivity index (χ1v) is 6.02. The molecule has 1 atom stereocenters. The van der Waals surface area contributed by atoms with Crippen LogP contribution in [0.5, 0.6) is 0 Å². The van der Waals surface area contributed by atoms with E-state index in [1.807, 2.05) is 18.2 Å². The molecule has 0 amide bonds. The number of hydrogen-bond acceptors (Lipinski definition) is 2. The summed E-state index contributed by atoms with van der Waals surface area (Å²) in [6.07, 6.45) is 2.96. The predicted octanol–water partition coefficient (Wildman–Crippen LogP) is 1.47. The fraction of sp³-hybridized carbons (Fsp3) is 0.273. The second-order valence-corrected chi connectivity index (χ2v) is 4.45. The second-order valence-electron chi connectivity index (χ2n) is 3.38. The van der Waals surface area contributed by atoms with Crippen molar-refractivity contribution in [1.82, 2.24) is 0 Å². The molecule has 0 aromatic heterocycles. The van der Waals surface area contributed by atoms with E-state index in [2.05, 4.69) is 6.08 Å². The number of benzene rings is 1. The number of nitrogens with two attached hydrogens (primary N) is 1. The Labute approximate surface area is 91.5 Å². The van der Waals surface area contributed by atoms with Gasteiger partial charge in [-0.1, -0.05) is 18.2 Å². The van der Waals surface area contributed by atoms with Gasteiger partial charge in [0, 0.05) is 0 Å². The van der Waals surface area contributed by atoms with Gasteiger partial charge in [0.15, 0.2) is 0 Å². The van der Waals surface area contributed by atoms with Crippen LogP contribution in [-0.4, -0.2) is 17.4 Å². The fourth-order valence-corrected chi connectivity index (χ4v) is 2.07. The molecule has 2 N–H and O–H groups in total. The fourth-order valence-electron chi connectivity index (χ4n) is 1.61. The van der Waals surface area contributed by atoms with Crippen LogP contribution >= 0.6 is 0 Å². The molecule has 0 fully saturated rings. The van der Waals surface area contributed by atoms with Crippen LogP contribution in [0.1, 0.15) is 12.0 Å². The second kappa shape index (κ2) is 4.70. The zero-order chi connectivity index (χ0) is 10.7. The number of rotatable bonds is 2. The minimum absolute atomic E-state index is 0.658. The van der Waals surface area contributed by atoms with Crippen molar-refractivity contribution in [3.05, 3.63) is 35.9 Å². The molecule has 0 saturated carbocycles. The molecule has 0 spiro atoms. The van der Waals surface area contributed by atoms with Crippen LogP contribution in [-0.2, 0) is 15.7 Å². The Hall–Kier alpha value is -0.970. The Morgan fingerprint density at radius 1 is 1.40 bits per heavy atom. The summed E-state index contributed by atoms with van der Waals surface area (Å²) in [5.74, 6) is 0. The van der Waals surface area contributed by atoms with E-state index in [0.29, 0.717) is 11.5 Å². The topological polar surface area (TPSA) is 52.3 Å². The van der Waals surface area contributed by atoms with E-state index >= 15 is 0 Å². The highest BCUT2D eigenvalue weighted by Gasteiger charge is 2.07. The average molecular weight is 223 g/mol. The molecule has 1 aromatic carbocycles. The van der Waals surface area contributed by atoms with Crippen LogP contribution in [0.2, 0.25) is 0 Å². The third-order valence-corrected chi connectivity index (χ3v) is 3.12. The SMILES string of the molecule is NS(=O)c1cccc(C2=CCOCC2)c1. The van der Waals surface area contributed by atoms with E-state index in [4.69, 9.17) is 9.88 Å². The molecule has 3 nitrogen and oxygen atoms in total. The zero-order valence-electron chi connectivity index (χ0n) is 8.31. The van der Waals surface area contributed by atoms with Gasteiger partial charge in [0.1, 0.15) is 11.0 Å². The lowest BCUT2D eigenvalue weighted by Crippen LogP contribution is -2.05. The molecule has 1 unspecified atom stereocenters. The van der Waals surface area contributed by atoms with E-state index < -0.39 is 11.0 Å². The third kappa shape index (κ3) is 2.53. The normalized spacial score (nSPS) is 18.3. The minimum atomic E-state index is -1.40. The van der Waals surface area contributed by atoms with Crippen molar-refractivity contribution in [2.75, 3.05) is 13.2 Å². The number of hydrogen-bond donors (Lipinski definition) is 1. The Morgan fingerprint density at radius 3 is 2.93 bits per heavy atom. The first-order chi connectivity index (χ1) is 7.27. The van der Waals surface area contributed by atoms with Crippen molar-refractivity contribution in [1.29, 1.82) is 0 Å². The van der Waals surface area contributed by atoms with Crippen LogP contribution in [0.15, 0.2) is 35.2 Å². The summed E-state index contributed by atoms with van der Waals surface area (Å²) in [6.45, 7) is 1.41. The molecule has 0 aliphatic carbocycles. The van der Waals surface area contributed by atoms with Crippen LogP contribution < -0.4 is 5.14 Å². The standard InChI is InChI=1S/C11H13NO2S/c12-15(13)11-3-1-2-10(8-11)9-4-6-14-7-5-9/h1-4,8H,5-7,12H2. The Bertz CT molecular complexity index is 415. The molecule has 4 heteroatoms. The van der Waals surface area contributed by atoms with Crippen molar-refractivity contribution < 1.29 is 8.95 Å². The van der Waals surface area contributed by atoms with E-state index in [-0.39, 0.29) is 0 Å². The summed E-state index contributed by atoms with van der Waals surface area (Å²) in [4.78, 5) is 0.667. The summed E-state index contributed by atoms with van der Waals surface area (Å²) < 4.78 is 16.4. The van der Waals surface area contributed by atoms with E-state index in [1.54, 1.807) is 6.07 Å². The molecular weight excluding hydrogens is 210 g/mol. The summed E-state index contributed by atoms with van der Waals surface area (Å²) in [6, 6.07) is 7.55. The maximum absolute atomic E-state index is 11.1. The van der Waals surface area contributed by atoms with Gasteiger partial charge >= 0.3 is 0 Å². The highest BCUT2D eigenvalue weighted by atomic mass is 32.2. The molecule has 15 heavy (non-hydrogen) atoms. The van der Waals surface area contributed by atoms with Gasteiger partial charge in [-0.2, -0.15) is 0 Å². The van der Waals surface area contributed by atoms with Crippen LogP contribution in [0.25, 0.3) is 5.57 Å². The Kier molecular flexibility index (Phi) is 3.30. The molecule has 1 aliphatic rings. The van der Waals surface area contributed by atoms with Crippen molar-refractivity contribution in [3.8, 4) is 0 Å². The van der Waals surface area contributed by atoms with Gasteiger partial charge in [-0.3, -0.25) is 0 Å². The lowest BCUT2D eigenvalue weighted by atomic mass is 10.0. The van der Waals surface area contributed by atoms with E-state index in [9.17, 15) is 4.21 Å². The molecule has 1 aromatic rings. The van der Waals surface area contributed by atoms with Crippen LogP contribution in [0.4, 0.5) is 0 Å². The van der Waals surface area contributed by atoms with Gasteiger partial charge < -0.3 is 4.74 Å². The van der Waals surface area contributed by atoms with Gasteiger partial charge in [0.2, 0.25) is 0 Å². The molecule has 1 heterocycles. The van der Waals surface area contributed by atoms with Crippen molar-refractivity contribution in [3.63, 3.8) is 0 Å². The van der Waals surface area contributed by atoms with Crippen molar-refractivity contribution >= 4 is 16.6 Å². The first kappa shape index (κ1) is 10.5. The molecule has 0 bridgehead atoms. The van der Waals surface area contributed by atoms with Crippen LogP contribution in [0.3, 0.4) is 0 Å². The van der Waals surface area contributed by atoms with E-state index in [1.165, 1.54) is 5.57 Å². The summed E-state index contributed by atoms with van der Waals surface area (Å²) in [5, 5.41) is 5.34. The molecule has 0 saturated heterocycles. The molecule has 0 radical (unpaired) electrons. The molecule has 1 aliphatic heterocycles. The Morgan fingerprint density at radius 2 is 2.27 bits per heavy atom. The maximum atomic E-state index is 11.1. The average Bonchev–Trinajstić information content (AvgIpc) is 2.30. The summed E-state index contributed by atoms with van der Waals surface area (Å²) >= 11 is 0. The monoisotopic (exact) mass is 223 g/mol. The van der Waals surface area contributed by atoms with Gasteiger partial charge in [0.05, 0.1) is 18.1 Å². The summed E-state index contributed by atoms with van der Waals surface area (Å²) in [5.41, 5.74) is 2.34. The van der Waals surface area contributed by atoms with Crippen molar-refractivity contribution in [2.24, 2.45) is 5.14 Å². The third-order valence-electron chi connectivity index (χ3n) is 2.40. The quantitative estimate of drug-likeness (QED) is 0.825. The van der Waals surface area contributed by atoms with Gasteiger partial charge in [-0.05, 0) is 29.7 Å². The minimum Gasteiger partial charge on any atom is -0.377 e. The zero-order valence-corrected chi connectivity index (χ0v) is 9.13. The molecule has 80 valence electrons. The highest BCUT2D eigenvalue weighted by molar-refractivity contribution is 7.82. The smallest absolute Gasteiger partial charge is 0.122 e. The summed E-state index contributed by atoms with van der Waals surface area (Å²) in [7, 11) is -1.40. The largest absolute Gasteiger partial charge is 0.377 e. The molecular formula is C11H13NO2S. The number of ether oxygens (including phenoxy) is 1. The Balaban J connectivity index is 2.31. The van der Waals surface area contributed by atoms with Crippen LogP contribution in [0, 0.1) is 0 Å². The lowest BCUT2D eigenvalue weighted by Gasteiger charge is -2.14. The first-order valence-electron chi connectivity index (χ1n) is 4.81. The van der Waals surface area contributed by atoms with Gasteiger partial charge in [-0.15, -0.1) is 0 Å². The molecule has 2 rings (SSSR count). The van der Waals surface area contributed by atoms with Gasteiger partial charge in [0.25, 0.3) is 0 Å².